The summed E-state index contributed by atoms with van der Waals surface area (Å²) in [5.41, 5.74) is -0.481. The number of likely N-dealkylation sites (tertiary alicyclic amines) is 1. The van der Waals surface area contributed by atoms with Crippen molar-refractivity contribution in [3.63, 3.8) is 0 Å². The summed E-state index contributed by atoms with van der Waals surface area (Å²) in [6.07, 6.45) is 6.02. The number of carbonyl (C=O) groups excluding carboxylic acids is 2. The highest BCUT2D eigenvalue weighted by Crippen LogP contribution is 2.17. The van der Waals surface area contributed by atoms with Gasteiger partial charge in [0.25, 0.3) is 0 Å². The van der Waals surface area contributed by atoms with Gasteiger partial charge in [-0.1, -0.05) is 19.3 Å². The molecule has 8 nitrogen and oxygen atoms in total. The maximum absolute atomic E-state index is 12.0. The number of halogens is 1. The first-order valence-electron chi connectivity index (χ1n) is 10.0. The van der Waals surface area contributed by atoms with Crippen molar-refractivity contribution < 1.29 is 14.3 Å². The smallest absolute Gasteiger partial charge is 0.410 e. The number of nitrogens with one attached hydrogen (secondary N) is 3. The van der Waals surface area contributed by atoms with E-state index in [1.165, 1.54) is 19.3 Å². The van der Waals surface area contributed by atoms with Crippen LogP contribution in [-0.2, 0) is 9.53 Å². The van der Waals surface area contributed by atoms with Gasteiger partial charge in [0.05, 0.1) is 6.04 Å². The Bertz CT molecular complexity index is 538. The van der Waals surface area contributed by atoms with Crippen molar-refractivity contribution >= 4 is 41.9 Å². The fraction of sp³-hybridized carbons (Fsp3) is 0.842. The van der Waals surface area contributed by atoms with Crippen LogP contribution in [0, 0.1) is 0 Å². The van der Waals surface area contributed by atoms with Crippen LogP contribution < -0.4 is 16.0 Å². The van der Waals surface area contributed by atoms with Gasteiger partial charge in [-0.15, -0.1) is 24.0 Å². The highest BCUT2D eigenvalue weighted by atomic mass is 127. The Morgan fingerprint density at radius 1 is 1.07 bits per heavy atom. The SMILES string of the molecule is CN=C(NCCC(=O)NC1CCCCC1)NC1CN(C(=O)OC(C)(C)C)C1.I. The molecule has 0 aromatic carbocycles. The predicted molar refractivity (Wildman–Crippen MR) is 121 cm³/mol. The second kappa shape index (κ2) is 11.7. The average molecular weight is 509 g/mol. The third kappa shape index (κ3) is 8.83. The minimum atomic E-state index is -0.481. The molecule has 2 amide bonds. The molecule has 3 N–H and O–H groups in total. The van der Waals surface area contributed by atoms with Gasteiger partial charge in [0.1, 0.15) is 5.60 Å². The Kier molecular flexibility index (Phi) is 10.3. The van der Waals surface area contributed by atoms with Gasteiger partial charge in [-0.2, -0.15) is 0 Å². The molecule has 0 spiro atoms. The molecule has 0 aromatic rings. The van der Waals surface area contributed by atoms with E-state index in [9.17, 15) is 9.59 Å². The normalized spacial score (nSPS) is 18.6. The molecule has 0 radical (unpaired) electrons. The summed E-state index contributed by atoms with van der Waals surface area (Å²) in [6.45, 7) is 7.26. The third-order valence-corrected chi connectivity index (χ3v) is 4.71. The van der Waals surface area contributed by atoms with Crippen molar-refractivity contribution in [3.05, 3.63) is 0 Å². The van der Waals surface area contributed by atoms with Crippen LogP contribution >= 0.6 is 24.0 Å². The van der Waals surface area contributed by atoms with Gasteiger partial charge < -0.3 is 25.6 Å². The maximum Gasteiger partial charge on any atom is 0.410 e. The number of amides is 2. The predicted octanol–water partition coefficient (Wildman–Crippen LogP) is 2.23. The standard InChI is InChI=1S/C19H35N5O3.HI/c1-19(2,3)27-18(26)24-12-15(13-24)23-17(20-4)21-11-10-16(25)22-14-8-6-5-7-9-14;/h14-15H,5-13H2,1-4H3,(H,22,25)(H2,20,21,23);1H. The molecular weight excluding hydrogens is 473 g/mol. The molecule has 1 saturated carbocycles. The molecule has 162 valence electrons. The zero-order chi connectivity index (χ0) is 19.9. The van der Waals surface area contributed by atoms with Crippen molar-refractivity contribution in [2.75, 3.05) is 26.7 Å². The number of ether oxygens (including phenoxy) is 1. The first-order valence-corrected chi connectivity index (χ1v) is 10.0. The van der Waals surface area contributed by atoms with Crippen molar-refractivity contribution in [2.45, 2.75) is 77.0 Å². The molecule has 1 aliphatic carbocycles. The fourth-order valence-corrected chi connectivity index (χ4v) is 3.27. The minimum Gasteiger partial charge on any atom is -0.444 e. The van der Waals surface area contributed by atoms with Gasteiger partial charge in [-0.3, -0.25) is 9.79 Å². The molecule has 2 aliphatic rings. The second-order valence-electron chi connectivity index (χ2n) is 8.38. The maximum atomic E-state index is 12.0. The van der Waals surface area contributed by atoms with E-state index < -0.39 is 5.60 Å². The Balaban J connectivity index is 0.00000392. The number of hydrogen-bond acceptors (Lipinski definition) is 4. The monoisotopic (exact) mass is 509 g/mol. The van der Waals surface area contributed by atoms with Gasteiger partial charge in [-0.05, 0) is 33.6 Å². The van der Waals surface area contributed by atoms with E-state index in [0.29, 0.717) is 38.1 Å². The molecular formula is C19H36IN5O3. The zero-order valence-corrected chi connectivity index (χ0v) is 19.9. The topological polar surface area (TPSA) is 95.1 Å². The van der Waals surface area contributed by atoms with Crippen molar-refractivity contribution in [1.29, 1.82) is 0 Å². The van der Waals surface area contributed by atoms with E-state index in [0.717, 1.165) is 12.8 Å². The molecule has 1 heterocycles. The van der Waals surface area contributed by atoms with E-state index in [1.54, 1.807) is 11.9 Å². The Morgan fingerprint density at radius 2 is 1.71 bits per heavy atom. The minimum absolute atomic E-state index is 0. The number of rotatable bonds is 5. The summed E-state index contributed by atoms with van der Waals surface area (Å²) < 4.78 is 5.34. The largest absolute Gasteiger partial charge is 0.444 e. The molecule has 0 atom stereocenters. The Hall–Kier alpha value is -1.26. The number of guanidine groups is 1. The van der Waals surface area contributed by atoms with E-state index in [1.807, 2.05) is 20.8 Å². The molecule has 0 aromatic heterocycles. The molecule has 0 bridgehead atoms. The summed E-state index contributed by atoms with van der Waals surface area (Å²) in [7, 11) is 1.70. The van der Waals surface area contributed by atoms with Gasteiger partial charge in [-0.25, -0.2) is 4.79 Å². The van der Waals surface area contributed by atoms with Gasteiger partial charge in [0.2, 0.25) is 5.91 Å². The summed E-state index contributed by atoms with van der Waals surface area (Å²) in [5.74, 6) is 0.735. The summed E-state index contributed by atoms with van der Waals surface area (Å²) >= 11 is 0. The molecule has 2 rings (SSSR count). The van der Waals surface area contributed by atoms with Crippen molar-refractivity contribution in [3.8, 4) is 0 Å². The number of nitrogens with zero attached hydrogens (tertiary/aromatic N) is 2. The highest BCUT2D eigenvalue weighted by molar-refractivity contribution is 14.0. The van der Waals surface area contributed by atoms with Crippen LogP contribution in [0.4, 0.5) is 4.79 Å². The molecule has 1 saturated heterocycles. The zero-order valence-electron chi connectivity index (χ0n) is 17.5. The summed E-state index contributed by atoms with van der Waals surface area (Å²) in [6, 6.07) is 0.484. The van der Waals surface area contributed by atoms with Crippen LogP contribution in [0.5, 0.6) is 0 Å². The lowest BCUT2D eigenvalue weighted by Crippen LogP contribution is -2.63. The number of hydrogen-bond donors (Lipinski definition) is 3. The fourth-order valence-electron chi connectivity index (χ4n) is 3.27. The van der Waals surface area contributed by atoms with Crippen LogP contribution in [0.1, 0.15) is 59.3 Å². The summed E-state index contributed by atoms with van der Waals surface area (Å²) in [5, 5.41) is 9.54. The second-order valence-corrected chi connectivity index (χ2v) is 8.38. The molecule has 1 aliphatic heterocycles. The van der Waals surface area contributed by atoms with Gasteiger partial charge in [0.15, 0.2) is 5.96 Å². The first kappa shape index (κ1) is 24.8. The van der Waals surface area contributed by atoms with Crippen LogP contribution in [0.25, 0.3) is 0 Å². The molecule has 2 fully saturated rings. The quantitative estimate of drug-likeness (QED) is 0.300. The van der Waals surface area contributed by atoms with Gasteiger partial charge in [0, 0.05) is 39.1 Å². The average Bonchev–Trinajstić information content (AvgIpc) is 2.55. The molecule has 28 heavy (non-hydrogen) atoms. The van der Waals surface area contributed by atoms with E-state index in [-0.39, 0.29) is 42.0 Å². The lowest BCUT2D eigenvalue weighted by atomic mass is 9.95. The number of aliphatic imine (C=N–C) groups is 1. The van der Waals surface area contributed by atoms with Crippen LogP contribution in [0.3, 0.4) is 0 Å². The van der Waals surface area contributed by atoms with Crippen LogP contribution in [-0.4, -0.2) is 67.2 Å². The Labute approximate surface area is 185 Å². The van der Waals surface area contributed by atoms with Crippen molar-refractivity contribution in [1.82, 2.24) is 20.9 Å². The van der Waals surface area contributed by atoms with Crippen LogP contribution in [0.2, 0.25) is 0 Å². The lowest BCUT2D eigenvalue weighted by molar-refractivity contribution is -0.121. The van der Waals surface area contributed by atoms with E-state index in [2.05, 4.69) is 20.9 Å². The molecule has 9 heteroatoms. The van der Waals surface area contributed by atoms with Gasteiger partial charge >= 0.3 is 6.09 Å². The number of carbonyl (C=O) groups is 2. The lowest BCUT2D eigenvalue weighted by Gasteiger charge is -2.40. The van der Waals surface area contributed by atoms with Crippen molar-refractivity contribution in [2.24, 2.45) is 4.99 Å². The molecule has 0 unspecified atom stereocenters. The first-order chi connectivity index (χ1) is 12.8. The Morgan fingerprint density at radius 3 is 2.29 bits per heavy atom. The van der Waals surface area contributed by atoms with E-state index in [4.69, 9.17) is 4.74 Å². The summed E-state index contributed by atoms with van der Waals surface area (Å²) in [4.78, 5) is 29.8. The van der Waals surface area contributed by atoms with E-state index >= 15 is 0 Å². The highest BCUT2D eigenvalue weighted by Gasteiger charge is 2.34. The van der Waals surface area contributed by atoms with Crippen LogP contribution in [0.15, 0.2) is 4.99 Å². The third-order valence-electron chi connectivity index (χ3n) is 4.71.